The molecule has 10 heteroatoms. The second-order valence-corrected chi connectivity index (χ2v) is 8.29. The zero-order valence-corrected chi connectivity index (χ0v) is 14.3. The van der Waals surface area contributed by atoms with Crippen LogP contribution in [0.1, 0.15) is 31.4 Å². The molecule has 0 radical (unpaired) electrons. The van der Waals surface area contributed by atoms with Crippen molar-refractivity contribution < 1.29 is 21.6 Å². The van der Waals surface area contributed by atoms with Gasteiger partial charge >= 0.3 is 6.18 Å². The normalized spacial score (nSPS) is 24.1. The molecule has 0 saturated carbocycles. The second kappa shape index (κ2) is 6.30. The zero-order valence-electron chi connectivity index (χ0n) is 13.5. The molecule has 0 unspecified atom stereocenters. The van der Waals surface area contributed by atoms with E-state index in [1.165, 1.54) is 11.4 Å². The monoisotopic (exact) mass is 366 g/mol. The maximum atomic E-state index is 13.1. The van der Waals surface area contributed by atoms with Crippen LogP contribution in [0.4, 0.5) is 13.2 Å². The first-order valence-electron chi connectivity index (χ1n) is 8.04. The first-order valence-corrected chi connectivity index (χ1v) is 9.48. The van der Waals surface area contributed by atoms with Gasteiger partial charge in [-0.25, -0.2) is 8.42 Å². The minimum atomic E-state index is -4.80. The van der Waals surface area contributed by atoms with Crippen LogP contribution in [0.2, 0.25) is 0 Å². The standard InChI is InChI=1S/C14H21F3N4O2S/c1-19-10-12(13(18-19)14(15,16)17)24(22,23)21-8-4-5-11(21)9-20-6-2-3-7-20/h10-11H,2-9H2,1H3/t11-/m1/s1. The van der Waals surface area contributed by atoms with E-state index >= 15 is 0 Å². The summed E-state index contributed by atoms with van der Waals surface area (Å²) in [7, 11) is -2.93. The van der Waals surface area contributed by atoms with Gasteiger partial charge in [0.25, 0.3) is 0 Å². The van der Waals surface area contributed by atoms with E-state index in [2.05, 4.69) is 10.00 Å². The molecule has 1 aromatic rings. The van der Waals surface area contributed by atoms with Crippen molar-refractivity contribution in [2.45, 2.75) is 42.8 Å². The quantitative estimate of drug-likeness (QED) is 0.814. The summed E-state index contributed by atoms with van der Waals surface area (Å²) in [6.07, 6.45) is -0.339. The van der Waals surface area contributed by atoms with E-state index in [0.29, 0.717) is 19.4 Å². The molecule has 0 spiro atoms. The molecule has 0 aliphatic carbocycles. The van der Waals surface area contributed by atoms with Crippen molar-refractivity contribution in [2.24, 2.45) is 7.05 Å². The van der Waals surface area contributed by atoms with E-state index in [1.807, 2.05) is 0 Å². The Kier molecular flexibility index (Phi) is 4.65. The Labute approximate surface area is 139 Å². The summed E-state index contributed by atoms with van der Waals surface area (Å²) in [6.45, 7) is 2.68. The largest absolute Gasteiger partial charge is 0.436 e. The van der Waals surface area contributed by atoms with Crippen LogP contribution in [0.25, 0.3) is 0 Å². The summed E-state index contributed by atoms with van der Waals surface area (Å²) in [5.41, 5.74) is -1.34. The van der Waals surface area contributed by atoms with E-state index in [9.17, 15) is 21.6 Å². The Hall–Kier alpha value is -1.13. The maximum absolute atomic E-state index is 13.1. The van der Waals surface area contributed by atoms with Crippen LogP contribution in [0.5, 0.6) is 0 Å². The SMILES string of the molecule is Cn1cc(S(=O)(=O)N2CCC[C@@H]2CN2CCCC2)c(C(F)(F)F)n1. The number of nitrogens with zero attached hydrogens (tertiary/aromatic N) is 4. The van der Waals surface area contributed by atoms with Gasteiger partial charge in [0.1, 0.15) is 4.90 Å². The van der Waals surface area contributed by atoms with Crippen molar-refractivity contribution in [1.82, 2.24) is 19.0 Å². The third kappa shape index (κ3) is 3.31. The van der Waals surface area contributed by atoms with E-state index in [-0.39, 0.29) is 12.6 Å². The predicted octanol–water partition coefficient (Wildman–Crippen LogP) is 1.69. The first kappa shape index (κ1) is 17.7. The molecule has 2 saturated heterocycles. The predicted molar refractivity (Wildman–Crippen MR) is 80.8 cm³/mol. The van der Waals surface area contributed by atoms with Crippen LogP contribution in [0, 0.1) is 0 Å². The molecule has 0 amide bonds. The third-order valence-electron chi connectivity index (χ3n) is 4.64. The molecular weight excluding hydrogens is 345 g/mol. The minimum Gasteiger partial charge on any atom is -0.302 e. The van der Waals surface area contributed by atoms with Crippen LogP contribution < -0.4 is 0 Å². The number of aryl methyl sites for hydroxylation is 1. The lowest BCUT2D eigenvalue weighted by Crippen LogP contribution is -2.42. The van der Waals surface area contributed by atoms with Gasteiger partial charge in [-0.1, -0.05) is 0 Å². The van der Waals surface area contributed by atoms with Crippen molar-refractivity contribution in [3.63, 3.8) is 0 Å². The highest BCUT2D eigenvalue weighted by atomic mass is 32.2. The van der Waals surface area contributed by atoms with Crippen molar-refractivity contribution in [2.75, 3.05) is 26.2 Å². The molecular formula is C14H21F3N4O2S. The van der Waals surface area contributed by atoms with Crippen molar-refractivity contribution in [1.29, 1.82) is 0 Å². The first-order chi connectivity index (χ1) is 11.2. The van der Waals surface area contributed by atoms with Gasteiger partial charge in [0, 0.05) is 32.4 Å². The summed E-state index contributed by atoms with van der Waals surface area (Å²) in [4.78, 5) is 1.44. The van der Waals surface area contributed by atoms with Crippen molar-refractivity contribution >= 4 is 10.0 Å². The fraction of sp³-hybridized carbons (Fsp3) is 0.786. The average molecular weight is 366 g/mol. The van der Waals surface area contributed by atoms with Crippen LogP contribution in [-0.2, 0) is 23.2 Å². The minimum absolute atomic E-state index is 0.257. The lowest BCUT2D eigenvalue weighted by molar-refractivity contribution is -0.143. The summed E-state index contributed by atoms with van der Waals surface area (Å²) in [5.74, 6) is 0. The molecule has 2 fully saturated rings. The van der Waals surface area contributed by atoms with Crippen LogP contribution in [-0.4, -0.2) is 59.6 Å². The number of sulfonamides is 1. The number of halogens is 3. The Bertz CT molecular complexity index is 695. The zero-order chi connectivity index (χ0) is 17.5. The molecule has 1 aromatic heterocycles. The van der Waals surface area contributed by atoms with Gasteiger partial charge in [0.15, 0.2) is 5.69 Å². The molecule has 0 N–H and O–H groups in total. The van der Waals surface area contributed by atoms with Crippen LogP contribution >= 0.6 is 0 Å². The smallest absolute Gasteiger partial charge is 0.302 e. The fourth-order valence-electron chi connectivity index (χ4n) is 3.55. The Balaban J connectivity index is 1.89. The van der Waals surface area contributed by atoms with Gasteiger partial charge in [0.2, 0.25) is 10.0 Å². The highest BCUT2D eigenvalue weighted by molar-refractivity contribution is 7.89. The molecule has 6 nitrogen and oxygen atoms in total. The summed E-state index contributed by atoms with van der Waals surface area (Å²) < 4.78 is 67.3. The Morgan fingerprint density at radius 3 is 2.50 bits per heavy atom. The molecule has 0 bridgehead atoms. The topological polar surface area (TPSA) is 58.4 Å². The van der Waals surface area contributed by atoms with Crippen LogP contribution in [0.3, 0.4) is 0 Å². The van der Waals surface area contributed by atoms with E-state index < -0.39 is 26.8 Å². The van der Waals surface area contributed by atoms with Gasteiger partial charge in [-0.15, -0.1) is 0 Å². The lowest BCUT2D eigenvalue weighted by Gasteiger charge is -2.27. The van der Waals surface area contributed by atoms with E-state index in [0.717, 1.165) is 36.8 Å². The molecule has 2 aliphatic heterocycles. The number of alkyl halides is 3. The highest BCUT2D eigenvalue weighted by Crippen LogP contribution is 2.36. The molecule has 3 heterocycles. The van der Waals surface area contributed by atoms with Crippen LogP contribution in [0.15, 0.2) is 11.1 Å². The molecule has 24 heavy (non-hydrogen) atoms. The Morgan fingerprint density at radius 2 is 1.88 bits per heavy atom. The average Bonchev–Trinajstić information content (AvgIpc) is 3.18. The van der Waals surface area contributed by atoms with Gasteiger partial charge in [-0.05, 0) is 38.8 Å². The molecule has 2 aliphatic rings. The molecule has 1 atom stereocenters. The van der Waals surface area contributed by atoms with E-state index in [1.54, 1.807) is 0 Å². The van der Waals surface area contributed by atoms with E-state index in [4.69, 9.17) is 0 Å². The summed E-state index contributed by atoms with van der Waals surface area (Å²) in [5, 5.41) is 3.32. The number of likely N-dealkylation sites (tertiary alicyclic amines) is 1. The third-order valence-corrected chi connectivity index (χ3v) is 6.59. The fourth-order valence-corrected chi connectivity index (χ4v) is 5.42. The number of rotatable bonds is 4. The van der Waals surface area contributed by atoms with Gasteiger partial charge in [-0.2, -0.15) is 22.6 Å². The molecule has 3 rings (SSSR count). The maximum Gasteiger partial charge on any atom is 0.436 e. The van der Waals surface area contributed by atoms with Crippen molar-refractivity contribution in [3.05, 3.63) is 11.9 Å². The summed E-state index contributed by atoms with van der Waals surface area (Å²) >= 11 is 0. The lowest BCUT2D eigenvalue weighted by atomic mass is 10.2. The Morgan fingerprint density at radius 1 is 1.21 bits per heavy atom. The van der Waals surface area contributed by atoms with Crippen molar-refractivity contribution in [3.8, 4) is 0 Å². The highest BCUT2D eigenvalue weighted by Gasteiger charge is 2.45. The van der Waals surface area contributed by atoms with Gasteiger partial charge in [-0.3, -0.25) is 4.68 Å². The molecule has 0 aromatic carbocycles. The number of hydrogen-bond donors (Lipinski definition) is 0. The number of aromatic nitrogens is 2. The summed E-state index contributed by atoms with van der Waals surface area (Å²) in [6, 6.07) is -0.269. The molecule has 136 valence electrons. The second-order valence-electron chi connectivity index (χ2n) is 6.43. The van der Waals surface area contributed by atoms with Gasteiger partial charge < -0.3 is 4.90 Å². The number of hydrogen-bond acceptors (Lipinski definition) is 4. The van der Waals surface area contributed by atoms with Gasteiger partial charge in [0.05, 0.1) is 0 Å².